The van der Waals surface area contributed by atoms with Gasteiger partial charge in [-0.15, -0.1) is 0 Å². The molecule has 1 aromatic carbocycles. The van der Waals surface area contributed by atoms with Crippen LogP contribution in [0, 0.1) is 10.1 Å². The highest BCUT2D eigenvalue weighted by Crippen LogP contribution is 2.25. The SMILES string of the molecule is C[C@@H]1CCCN1CCc1cc2cc([N+](=O)[O-])ccc2o1. The summed E-state index contributed by atoms with van der Waals surface area (Å²) in [6.07, 6.45) is 3.40. The number of nitro benzene ring substituents is 1. The second-order valence-electron chi connectivity index (χ2n) is 5.47. The molecule has 0 spiro atoms. The lowest BCUT2D eigenvalue weighted by molar-refractivity contribution is -0.384. The lowest BCUT2D eigenvalue weighted by Gasteiger charge is -2.19. The minimum absolute atomic E-state index is 0.109. The van der Waals surface area contributed by atoms with E-state index < -0.39 is 0 Å². The summed E-state index contributed by atoms with van der Waals surface area (Å²) >= 11 is 0. The molecular weight excluding hydrogens is 256 g/mol. The van der Waals surface area contributed by atoms with E-state index in [-0.39, 0.29) is 10.6 Å². The molecule has 0 aliphatic carbocycles. The first-order valence-electron chi connectivity index (χ1n) is 7.04. The minimum Gasteiger partial charge on any atom is -0.461 e. The maximum absolute atomic E-state index is 10.8. The number of fused-ring (bicyclic) bond motifs is 1. The van der Waals surface area contributed by atoms with Crippen molar-refractivity contribution in [3.05, 3.63) is 40.1 Å². The Bertz CT molecular complexity index is 635. The summed E-state index contributed by atoms with van der Waals surface area (Å²) in [4.78, 5) is 12.8. The van der Waals surface area contributed by atoms with Crippen molar-refractivity contribution >= 4 is 16.7 Å². The third-order valence-corrected chi connectivity index (χ3v) is 4.10. The molecule has 1 aromatic heterocycles. The summed E-state index contributed by atoms with van der Waals surface area (Å²) in [5.41, 5.74) is 0.832. The number of hydrogen-bond donors (Lipinski definition) is 0. The molecule has 0 unspecified atom stereocenters. The van der Waals surface area contributed by atoms with E-state index in [4.69, 9.17) is 4.42 Å². The van der Waals surface area contributed by atoms with Gasteiger partial charge in [0.2, 0.25) is 0 Å². The topological polar surface area (TPSA) is 59.5 Å². The zero-order chi connectivity index (χ0) is 14.1. The van der Waals surface area contributed by atoms with Crippen LogP contribution in [0.25, 0.3) is 11.0 Å². The Labute approximate surface area is 117 Å². The third kappa shape index (κ3) is 2.54. The van der Waals surface area contributed by atoms with Crippen molar-refractivity contribution in [3.63, 3.8) is 0 Å². The van der Waals surface area contributed by atoms with Gasteiger partial charge in [0.05, 0.1) is 4.92 Å². The molecule has 2 heterocycles. The average Bonchev–Trinajstić information content (AvgIpc) is 3.00. The van der Waals surface area contributed by atoms with Crippen LogP contribution >= 0.6 is 0 Å². The minimum atomic E-state index is -0.377. The van der Waals surface area contributed by atoms with Gasteiger partial charge in [-0.05, 0) is 38.4 Å². The standard InChI is InChI=1S/C15H18N2O3/c1-11-3-2-7-16(11)8-6-14-10-12-9-13(17(18)19)4-5-15(12)20-14/h4-5,9-11H,2-3,6-8H2,1H3/t11-/m1/s1. The highest BCUT2D eigenvalue weighted by Gasteiger charge is 2.20. The largest absolute Gasteiger partial charge is 0.461 e. The van der Waals surface area contributed by atoms with Crippen molar-refractivity contribution in [1.29, 1.82) is 0 Å². The number of furan rings is 1. The molecule has 0 N–H and O–H groups in total. The molecule has 2 aromatic rings. The second kappa shape index (κ2) is 5.25. The van der Waals surface area contributed by atoms with Gasteiger partial charge in [-0.3, -0.25) is 10.1 Å². The fourth-order valence-corrected chi connectivity index (χ4v) is 2.90. The van der Waals surface area contributed by atoms with Crippen LogP contribution in [0.3, 0.4) is 0 Å². The first-order valence-corrected chi connectivity index (χ1v) is 7.04. The highest BCUT2D eigenvalue weighted by molar-refractivity contribution is 5.80. The Kier molecular flexibility index (Phi) is 3.44. The fraction of sp³-hybridized carbons (Fsp3) is 0.467. The zero-order valence-electron chi connectivity index (χ0n) is 11.5. The lowest BCUT2D eigenvalue weighted by atomic mass is 10.2. The van der Waals surface area contributed by atoms with Gasteiger partial charge < -0.3 is 9.32 Å². The monoisotopic (exact) mass is 274 g/mol. The molecule has 1 aliphatic heterocycles. The predicted molar refractivity (Wildman–Crippen MR) is 76.8 cm³/mol. The maximum atomic E-state index is 10.8. The molecule has 0 saturated carbocycles. The molecule has 3 rings (SSSR count). The molecule has 106 valence electrons. The summed E-state index contributed by atoms with van der Waals surface area (Å²) in [5, 5.41) is 11.6. The highest BCUT2D eigenvalue weighted by atomic mass is 16.6. The molecule has 0 bridgehead atoms. The number of hydrogen-bond acceptors (Lipinski definition) is 4. The Morgan fingerprint density at radius 1 is 1.45 bits per heavy atom. The van der Waals surface area contributed by atoms with Crippen LogP contribution in [-0.4, -0.2) is 29.0 Å². The van der Waals surface area contributed by atoms with Crippen molar-refractivity contribution in [3.8, 4) is 0 Å². The Morgan fingerprint density at radius 3 is 3.00 bits per heavy atom. The first kappa shape index (κ1) is 13.1. The van der Waals surface area contributed by atoms with E-state index in [1.807, 2.05) is 6.07 Å². The van der Waals surface area contributed by atoms with E-state index >= 15 is 0 Å². The molecule has 1 fully saturated rings. The van der Waals surface area contributed by atoms with E-state index in [1.54, 1.807) is 12.1 Å². The number of nitro groups is 1. The van der Waals surface area contributed by atoms with E-state index in [2.05, 4.69) is 11.8 Å². The summed E-state index contributed by atoms with van der Waals surface area (Å²) in [6.45, 7) is 4.41. The van der Waals surface area contributed by atoms with Gasteiger partial charge in [0.15, 0.2) is 0 Å². The van der Waals surface area contributed by atoms with Crippen molar-refractivity contribution < 1.29 is 9.34 Å². The van der Waals surface area contributed by atoms with Crippen molar-refractivity contribution in [2.24, 2.45) is 0 Å². The van der Waals surface area contributed by atoms with E-state index in [0.717, 1.165) is 36.2 Å². The lowest BCUT2D eigenvalue weighted by Crippen LogP contribution is -2.28. The van der Waals surface area contributed by atoms with Crippen LogP contribution < -0.4 is 0 Å². The smallest absolute Gasteiger partial charge is 0.270 e. The molecule has 5 nitrogen and oxygen atoms in total. The van der Waals surface area contributed by atoms with Crippen LogP contribution in [0.1, 0.15) is 25.5 Å². The van der Waals surface area contributed by atoms with Gasteiger partial charge in [-0.1, -0.05) is 0 Å². The average molecular weight is 274 g/mol. The number of nitrogens with zero attached hydrogens (tertiary/aromatic N) is 2. The van der Waals surface area contributed by atoms with Crippen LogP contribution in [0.15, 0.2) is 28.7 Å². The van der Waals surface area contributed by atoms with E-state index in [0.29, 0.717) is 6.04 Å². The zero-order valence-corrected chi connectivity index (χ0v) is 11.5. The van der Waals surface area contributed by atoms with E-state index in [1.165, 1.54) is 18.9 Å². The molecule has 1 aliphatic rings. The van der Waals surface area contributed by atoms with Crippen molar-refractivity contribution in [1.82, 2.24) is 4.90 Å². The summed E-state index contributed by atoms with van der Waals surface area (Å²) in [5.74, 6) is 0.902. The molecule has 1 saturated heterocycles. The summed E-state index contributed by atoms with van der Waals surface area (Å²) in [7, 11) is 0. The Morgan fingerprint density at radius 2 is 2.30 bits per heavy atom. The van der Waals surface area contributed by atoms with Crippen LogP contribution in [0.2, 0.25) is 0 Å². The maximum Gasteiger partial charge on any atom is 0.270 e. The van der Waals surface area contributed by atoms with Crippen molar-refractivity contribution in [2.45, 2.75) is 32.2 Å². The normalized spacial score (nSPS) is 19.8. The number of non-ortho nitro benzene ring substituents is 1. The van der Waals surface area contributed by atoms with Crippen LogP contribution in [-0.2, 0) is 6.42 Å². The second-order valence-corrected chi connectivity index (χ2v) is 5.47. The van der Waals surface area contributed by atoms with Crippen molar-refractivity contribution in [2.75, 3.05) is 13.1 Å². The molecular formula is C15H18N2O3. The molecule has 20 heavy (non-hydrogen) atoms. The molecule has 0 radical (unpaired) electrons. The van der Waals surface area contributed by atoms with Gasteiger partial charge in [0.1, 0.15) is 11.3 Å². The van der Waals surface area contributed by atoms with Gasteiger partial charge in [-0.25, -0.2) is 0 Å². The quantitative estimate of drug-likeness (QED) is 0.633. The fourth-order valence-electron chi connectivity index (χ4n) is 2.90. The summed E-state index contributed by atoms with van der Waals surface area (Å²) < 4.78 is 5.75. The van der Waals surface area contributed by atoms with E-state index in [9.17, 15) is 10.1 Å². The van der Waals surface area contributed by atoms with Crippen LogP contribution in [0.4, 0.5) is 5.69 Å². The molecule has 1 atom stereocenters. The number of benzene rings is 1. The Hall–Kier alpha value is -1.88. The van der Waals surface area contributed by atoms with Crippen LogP contribution in [0.5, 0.6) is 0 Å². The summed E-state index contributed by atoms with van der Waals surface area (Å²) in [6, 6.07) is 7.30. The first-order chi connectivity index (χ1) is 9.63. The van der Waals surface area contributed by atoms with Gasteiger partial charge in [0.25, 0.3) is 5.69 Å². The van der Waals surface area contributed by atoms with Gasteiger partial charge >= 0.3 is 0 Å². The molecule has 5 heteroatoms. The predicted octanol–water partition coefficient (Wildman–Crippen LogP) is 3.37. The number of rotatable bonds is 4. The third-order valence-electron chi connectivity index (χ3n) is 4.10. The molecule has 0 amide bonds. The van der Waals surface area contributed by atoms with Gasteiger partial charge in [-0.2, -0.15) is 0 Å². The Balaban J connectivity index is 1.74. The van der Waals surface area contributed by atoms with Gasteiger partial charge in [0, 0.05) is 36.5 Å². The number of likely N-dealkylation sites (tertiary alicyclic amines) is 1.